The lowest BCUT2D eigenvalue weighted by atomic mass is 10.1. The molecule has 0 aliphatic carbocycles. The Kier molecular flexibility index (Phi) is 4.52. The second-order valence-corrected chi connectivity index (χ2v) is 4.38. The molecule has 2 rings (SSSR count). The van der Waals surface area contributed by atoms with Crippen LogP contribution in [0.25, 0.3) is 0 Å². The maximum Gasteiger partial charge on any atom is 0.330 e. The third-order valence-electron chi connectivity index (χ3n) is 2.91. The van der Waals surface area contributed by atoms with Crippen molar-refractivity contribution in [1.29, 1.82) is 0 Å². The minimum absolute atomic E-state index is 0.0516. The molecule has 0 radical (unpaired) electrons. The van der Waals surface area contributed by atoms with E-state index in [1.807, 2.05) is 0 Å². The van der Waals surface area contributed by atoms with Gasteiger partial charge in [0.1, 0.15) is 6.26 Å². The Hall–Kier alpha value is -3.16. The van der Waals surface area contributed by atoms with E-state index < -0.39 is 23.9 Å². The molecule has 0 aliphatic heterocycles. The zero-order valence-electron chi connectivity index (χ0n) is 11.6. The number of hydrogen-bond acceptors (Lipinski definition) is 5. The average molecular weight is 303 g/mol. The van der Waals surface area contributed by atoms with Crippen LogP contribution < -0.4 is 5.32 Å². The van der Waals surface area contributed by atoms with Gasteiger partial charge in [0.15, 0.2) is 11.7 Å². The van der Waals surface area contributed by atoms with E-state index in [1.165, 1.54) is 19.4 Å². The van der Waals surface area contributed by atoms with Crippen LogP contribution in [0.5, 0.6) is 0 Å². The van der Waals surface area contributed by atoms with Crippen LogP contribution >= 0.6 is 0 Å². The Morgan fingerprint density at radius 2 is 1.91 bits per heavy atom. The highest BCUT2D eigenvalue weighted by Crippen LogP contribution is 2.13. The second kappa shape index (κ2) is 6.53. The van der Waals surface area contributed by atoms with E-state index in [2.05, 4.69) is 15.0 Å². The van der Waals surface area contributed by atoms with Crippen LogP contribution in [0.4, 0.5) is 4.79 Å². The number of amides is 3. The van der Waals surface area contributed by atoms with Crippen LogP contribution in [0.15, 0.2) is 47.2 Å². The second-order valence-electron chi connectivity index (χ2n) is 4.38. The van der Waals surface area contributed by atoms with Crippen molar-refractivity contribution in [2.24, 2.45) is 0 Å². The molecule has 0 saturated carbocycles. The van der Waals surface area contributed by atoms with Crippen LogP contribution in [0.3, 0.4) is 0 Å². The average Bonchev–Trinajstić information content (AvgIpc) is 3.05. The summed E-state index contributed by atoms with van der Waals surface area (Å²) < 4.78 is 4.53. The molecular weight excluding hydrogens is 290 g/mol. The summed E-state index contributed by atoms with van der Waals surface area (Å²) in [5.74, 6) is -1.94. The third-order valence-corrected chi connectivity index (χ3v) is 2.91. The fourth-order valence-corrected chi connectivity index (χ4v) is 1.74. The summed E-state index contributed by atoms with van der Waals surface area (Å²) in [6.45, 7) is 0. The molecule has 1 aromatic heterocycles. The van der Waals surface area contributed by atoms with E-state index in [-0.39, 0.29) is 5.69 Å². The predicted octanol–water partition coefficient (Wildman–Crippen LogP) is 1.28. The number of nitrogens with zero attached hydrogens (tertiary/aromatic N) is 2. The van der Waals surface area contributed by atoms with E-state index in [0.717, 1.165) is 4.90 Å². The van der Waals surface area contributed by atoms with Gasteiger partial charge in [-0.1, -0.05) is 35.5 Å². The lowest BCUT2D eigenvalue weighted by Crippen LogP contribution is -2.44. The first-order valence-corrected chi connectivity index (χ1v) is 6.27. The lowest BCUT2D eigenvalue weighted by molar-refractivity contribution is -0.139. The Bertz CT molecular complexity index is 669. The van der Waals surface area contributed by atoms with Crippen LogP contribution in [-0.4, -0.2) is 40.1 Å². The number of carboxylic acid groups (broad SMARTS) is 1. The number of imide groups is 1. The summed E-state index contributed by atoms with van der Waals surface area (Å²) >= 11 is 0. The summed E-state index contributed by atoms with van der Waals surface area (Å²) in [5, 5.41) is 14.9. The molecule has 0 aliphatic rings. The van der Waals surface area contributed by atoms with Gasteiger partial charge in [-0.2, -0.15) is 0 Å². The van der Waals surface area contributed by atoms with E-state index in [9.17, 15) is 19.5 Å². The van der Waals surface area contributed by atoms with Crippen molar-refractivity contribution in [2.45, 2.75) is 6.04 Å². The molecule has 2 aromatic rings. The summed E-state index contributed by atoms with van der Waals surface area (Å²) in [6.07, 6.45) is 1.20. The highest BCUT2D eigenvalue weighted by atomic mass is 16.5. The van der Waals surface area contributed by atoms with Crippen molar-refractivity contribution in [3.05, 3.63) is 53.9 Å². The molecule has 1 unspecified atom stereocenters. The molecule has 114 valence electrons. The Morgan fingerprint density at radius 1 is 1.23 bits per heavy atom. The highest BCUT2D eigenvalue weighted by Gasteiger charge is 2.27. The number of aliphatic carboxylic acids is 1. The standard InChI is InChI=1S/C14H13N3O5/c1-17(12(18)10-7-8-22-16-10)14(21)15-11(13(19)20)9-5-3-2-4-6-9/h2-8,11H,1H3,(H,15,21)(H,19,20). The third kappa shape index (κ3) is 3.29. The monoisotopic (exact) mass is 303 g/mol. The first-order valence-electron chi connectivity index (χ1n) is 6.27. The first kappa shape index (κ1) is 15.2. The first-order chi connectivity index (χ1) is 10.5. The van der Waals surface area contributed by atoms with Crippen LogP contribution in [0.1, 0.15) is 22.1 Å². The summed E-state index contributed by atoms with van der Waals surface area (Å²) in [4.78, 5) is 36.0. The van der Waals surface area contributed by atoms with Crippen molar-refractivity contribution in [2.75, 3.05) is 7.05 Å². The molecule has 0 saturated heterocycles. The fraction of sp³-hybridized carbons (Fsp3) is 0.143. The normalized spacial score (nSPS) is 11.5. The van der Waals surface area contributed by atoms with E-state index in [1.54, 1.807) is 30.3 Å². The summed E-state index contributed by atoms with van der Waals surface area (Å²) in [5.41, 5.74) is 0.342. The van der Waals surface area contributed by atoms with Gasteiger partial charge in [0.25, 0.3) is 5.91 Å². The summed E-state index contributed by atoms with van der Waals surface area (Å²) in [7, 11) is 1.22. The van der Waals surface area contributed by atoms with Crippen LogP contribution in [-0.2, 0) is 4.79 Å². The van der Waals surface area contributed by atoms with Crippen LogP contribution in [0, 0.1) is 0 Å². The SMILES string of the molecule is CN(C(=O)NC(C(=O)O)c1ccccc1)C(=O)c1ccon1. The molecule has 8 heteroatoms. The van der Waals surface area contributed by atoms with Crippen molar-refractivity contribution < 1.29 is 24.0 Å². The van der Waals surface area contributed by atoms with Gasteiger partial charge in [0, 0.05) is 13.1 Å². The molecule has 0 spiro atoms. The topological polar surface area (TPSA) is 113 Å². The quantitative estimate of drug-likeness (QED) is 0.879. The zero-order valence-corrected chi connectivity index (χ0v) is 11.6. The maximum absolute atomic E-state index is 12.0. The molecule has 0 bridgehead atoms. The van der Waals surface area contributed by atoms with Gasteiger partial charge >= 0.3 is 12.0 Å². The molecule has 1 aromatic carbocycles. The number of nitrogens with one attached hydrogen (secondary N) is 1. The Morgan fingerprint density at radius 3 is 2.45 bits per heavy atom. The van der Waals surface area contributed by atoms with Crippen molar-refractivity contribution in [3.8, 4) is 0 Å². The molecular formula is C14H13N3O5. The predicted molar refractivity (Wildman–Crippen MR) is 73.9 cm³/mol. The van der Waals surface area contributed by atoms with Gasteiger partial charge in [-0.25, -0.2) is 9.59 Å². The van der Waals surface area contributed by atoms with Gasteiger partial charge in [-0.3, -0.25) is 9.69 Å². The number of urea groups is 1. The van der Waals surface area contributed by atoms with Crippen molar-refractivity contribution in [3.63, 3.8) is 0 Å². The highest BCUT2D eigenvalue weighted by molar-refractivity contribution is 6.03. The van der Waals surface area contributed by atoms with Gasteiger partial charge in [-0.05, 0) is 5.56 Å². The van der Waals surface area contributed by atoms with Gasteiger partial charge in [0.05, 0.1) is 0 Å². The minimum Gasteiger partial charge on any atom is -0.479 e. The molecule has 2 N–H and O–H groups in total. The summed E-state index contributed by atoms with van der Waals surface area (Å²) in [6, 6.07) is 7.36. The fourth-order valence-electron chi connectivity index (χ4n) is 1.74. The Balaban J connectivity index is 2.12. The molecule has 1 heterocycles. The molecule has 1 atom stereocenters. The van der Waals surface area contributed by atoms with Crippen LogP contribution in [0.2, 0.25) is 0 Å². The smallest absolute Gasteiger partial charge is 0.330 e. The van der Waals surface area contributed by atoms with Gasteiger partial charge in [0.2, 0.25) is 0 Å². The number of hydrogen-bond donors (Lipinski definition) is 2. The number of benzene rings is 1. The number of aromatic nitrogens is 1. The molecule has 0 fully saturated rings. The number of carbonyl (C=O) groups is 3. The maximum atomic E-state index is 12.0. The number of carboxylic acids is 1. The zero-order chi connectivity index (χ0) is 16.1. The number of carbonyl (C=O) groups excluding carboxylic acids is 2. The number of rotatable bonds is 4. The Labute approximate surface area is 125 Å². The lowest BCUT2D eigenvalue weighted by Gasteiger charge is -2.19. The van der Waals surface area contributed by atoms with Crippen molar-refractivity contribution >= 4 is 17.9 Å². The molecule has 22 heavy (non-hydrogen) atoms. The van der Waals surface area contributed by atoms with E-state index in [4.69, 9.17) is 0 Å². The van der Waals surface area contributed by atoms with Crippen molar-refractivity contribution in [1.82, 2.24) is 15.4 Å². The van der Waals surface area contributed by atoms with E-state index >= 15 is 0 Å². The molecule has 3 amide bonds. The van der Waals surface area contributed by atoms with E-state index in [0.29, 0.717) is 5.56 Å². The molecule has 8 nitrogen and oxygen atoms in total. The minimum atomic E-state index is -1.26. The van der Waals surface area contributed by atoms with Gasteiger partial charge < -0.3 is 14.9 Å². The largest absolute Gasteiger partial charge is 0.479 e. The van der Waals surface area contributed by atoms with Gasteiger partial charge in [-0.15, -0.1) is 0 Å².